The average molecular weight is 351 g/mol. The van der Waals surface area contributed by atoms with Crippen LogP contribution in [0.3, 0.4) is 0 Å². The van der Waals surface area contributed by atoms with E-state index in [1.807, 2.05) is 39.0 Å². The van der Waals surface area contributed by atoms with Gasteiger partial charge in [-0.05, 0) is 56.2 Å². The molecule has 0 aliphatic carbocycles. The Morgan fingerprint density at radius 1 is 0.808 bits per heavy atom. The SMILES string of the molecule is Cc1ccc(Oc2ncnc(Oc3cc(C)cc(C)c3)c2[N+](=O)[O-])cc1. The minimum Gasteiger partial charge on any atom is -0.433 e. The lowest BCUT2D eigenvalue weighted by atomic mass is 10.1. The van der Waals surface area contributed by atoms with E-state index in [0.717, 1.165) is 16.7 Å². The van der Waals surface area contributed by atoms with Crippen molar-refractivity contribution in [3.8, 4) is 23.3 Å². The first-order chi connectivity index (χ1) is 12.4. The molecule has 0 unspecified atom stereocenters. The minimum absolute atomic E-state index is 0.169. The molecule has 0 amide bonds. The van der Waals surface area contributed by atoms with Crippen molar-refractivity contribution in [1.82, 2.24) is 9.97 Å². The summed E-state index contributed by atoms with van der Waals surface area (Å²) in [4.78, 5) is 18.8. The third-order valence-corrected chi connectivity index (χ3v) is 3.58. The molecule has 0 spiro atoms. The van der Waals surface area contributed by atoms with Gasteiger partial charge in [0, 0.05) is 0 Å². The van der Waals surface area contributed by atoms with E-state index >= 15 is 0 Å². The van der Waals surface area contributed by atoms with E-state index in [2.05, 4.69) is 9.97 Å². The lowest BCUT2D eigenvalue weighted by Crippen LogP contribution is -2.01. The molecule has 1 aromatic heterocycles. The molecule has 2 aromatic carbocycles. The van der Waals surface area contributed by atoms with E-state index < -0.39 is 10.6 Å². The van der Waals surface area contributed by atoms with Gasteiger partial charge in [-0.25, -0.2) is 0 Å². The van der Waals surface area contributed by atoms with Crippen LogP contribution in [-0.2, 0) is 0 Å². The van der Waals surface area contributed by atoms with Crippen LogP contribution in [0.1, 0.15) is 16.7 Å². The van der Waals surface area contributed by atoms with Crippen molar-refractivity contribution in [3.63, 3.8) is 0 Å². The van der Waals surface area contributed by atoms with Crippen molar-refractivity contribution in [2.45, 2.75) is 20.8 Å². The number of hydrogen-bond acceptors (Lipinski definition) is 6. The predicted molar refractivity (Wildman–Crippen MR) is 95.9 cm³/mol. The van der Waals surface area contributed by atoms with Crippen LogP contribution in [0.15, 0.2) is 48.8 Å². The molecule has 0 aliphatic rings. The van der Waals surface area contributed by atoms with Crippen LogP contribution >= 0.6 is 0 Å². The van der Waals surface area contributed by atoms with E-state index in [0.29, 0.717) is 11.5 Å². The molecule has 132 valence electrons. The zero-order valence-corrected chi connectivity index (χ0v) is 14.6. The Kier molecular flexibility index (Phi) is 4.79. The monoisotopic (exact) mass is 351 g/mol. The van der Waals surface area contributed by atoms with Crippen molar-refractivity contribution in [1.29, 1.82) is 0 Å². The highest BCUT2D eigenvalue weighted by Crippen LogP contribution is 2.37. The molecule has 0 fully saturated rings. The van der Waals surface area contributed by atoms with E-state index in [-0.39, 0.29) is 11.8 Å². The van der Waals surface area contributed by atoms with E-state index in [1.165, 1.54) is 6.33 Å². The zero-order valence-electron chi connectivity index (χ0n) is 14.6. The van der Waals surface area contributed by atoms with Crippen molar-refractivity contribution < 1.29 is 14.4 Å². The van der Waals surface area contributed by atoms with Gasteiger partial charge in [0.15, 0.2) is 0 Å². The van der Waals surface area contributed by atoms with Crippen LogP contribution in [0.25, 0.3) is 0 Å². The fourth-order valence-electron chi connectivity index (χ4n) is 2.47. The Labute approximate surface area is 150 Å². The molecular weight excluding hydrogens is 334 g/mol. The normalized spacial score (nSPS) is 10.4. The molecule has 7 heteroatoms. The first-order valence-corrected chi connectivity index (χ1v) is 7.92. The summed E-state index contributed by atoms with van der Waals surface area (Å²) in [7, 11) is 0. The standard InChI is InChI=1S/C19H17N3O4/c1-12-4-6-15(7-5-12)25-18-17(22(23)24)19(21-11-20-18)26-16-9-13(2)8-14(3)10-16/h4-11H,1-3H3. The smallest absolute Gasteiger partial charge is 0.393 e. The number of aryl methyl sites for hydroxylation is 3. The predicted octanol–water partition coefficient (Wildman–Crippen LogP) is 4.89. The summed E-state index contributed by atoms with van der Waals surface area (Å²) in [6.45, 7) is 5.77. The maximum absolute atomic E-state index is 11.6. The second-order valence-corrected chi connectivity index (χ2v) is 5.93. The second kappa shape index (κ2) is 7.18. The summed E-state index contributed by atoms with van der Waals surface area (Å²) in [6.07, 6.45) is 1.18. The molecular formula is C19H17N3O4. The lowest BCUT2D eigenvalue weighted by Gasteiger charge is -2.10. The number of nitrogens with zero attached hydrogens (tertiary/aromatic N) is 3. The number of aromatic nitrogens is 2. The second-order valence-electron chi connectivity index (χ2n) is 5.93. The molecule has 3 rings (SSSR count). The van der Waals surface area contributed by atoms with Crippen molar-refractivity contribution in [3.05, 3.63) is 75.6 Å². The molecule has 0 saturated heterocycles. The fourth-order valence-corrected chi connectivity index (χ4v) is 2.47. The van der Waals surface area contributed by atoms with Crippen LogP contribution in [-0.4, -0.2) is 14.9 Å². The molecule has 0 radical (unpaired) electrons. The van der Waals surface area contributed by atoms with Gasteiger partial charge >= 0.3 is 17.4 Å². The Morgan fingerprint density at radius 2 is 1.35 bits per heavy atom. The highest BCUT2D eigenvalue weighted by Gasteiger charge is 2.27. The van der Waals surface area contributed by atoms with Gasteiger partial charge < -0.3 is 9.47 Å². The number of ether oxygens (including phenoxy) is 2. The van der Waals surface area contributed by atoms with E-state index in [9.17, 15) is 10.1 Å². The van der Waals surface area contributed by atoms with Crippen molar-refractivity contribution >= 4 is 5.69 Å². The van der Waals surface area contributed by atoms with Gasteiger partial charge in [0.1, 0.15) is 17.8 Å². The molecule has 0 N–H and O–H groups in total. The summed E-state index contributed by atoms with van der Waals surface area (Å²) in [5.41, 5.74) is 2.58. The number of rotatable bonds is 5. The first-order valence-electron chi connectivity index (χ1n) is 7.92. The Balaban J connectivity index is 1.98. The third-order valence-electron chi connectivity index (χ3n) is 3.58. The Morgan fingerprint density at radius 3 is 1.88 bits per heavy atom. The highest BCUT2D eigenvalue weighted by molar-refractivity contribution is 5.52. The topological polar surface area (TPSA) is 87.4 Å². The van der Waals surface area contributed by atoms with Crippen LogP contribution in [0.4, 0.5) is 5.69 Å². The summed E-state index contributed by atoms with van der Waals surface area (Å²) in [5, 5.41) is 11.6. The van der Waals surface area contributed by atoms with Gasteiger partial charge in [-0.1, -0.05) is 23.8 Å². The van der Waals surface area contributed by atoms with Crippen LogP contribution < -0.4 is 9.47 Å². The zero-order chi connectivity index (χ0) is 18.7. The minimum atomic E-state index is -0.610. The summed E-state index contributed by atoms with van der Waals surface area (Å²) in [6, 6.07) is 12.6. The molecule has 0 atom stereocenters. The summed E-state index contributed by atoms with van der Waals surface area (Å²) >= 11 is 0. The summed E-state index contributed by atoms with van der Waals surface area (Å²) in [5.74, 6) is 0.561. The molecule has 3 aromatic rings. The number of benzene rings is 2. The molecule has 26 heavy (non-hydrogen) atoms. The molecule has 1 heterocycles. The van der Waals surface area contributed by atoms with Crippen LogP contribution in [0.5, 0.6) is 23.3 Å². The van der Waals surface area contributed by atoms with Gasteiger partial charge in [-0.15, -0.1) is 0 Å². The van der Waals surface area contributed by atoms with Gasteiger partial charge in [0.25, 0.3) is 0 Å². The largest absolute Gasteiger partial charge is 0.433 e. The number of nitro groups is 1. The van der Waals surface area contributed by atoms with Crippen LogP contribution in [0.2, 0.25) is 0 Å². The van der Waals surface area contributed by atoms with Gasteiger partial charge in [0.2, 0.25) is 0 Å². The molecule has 0 aliphatic heterocycles. The van der Waals surface area contributed by atoms with Gasteiger partial charge in [-0.3, -0.25) is 10.1 Å². The highest BCUT2D eigenvalue weighted by atomic mass is 16.6. The molecule has 0 saturated carbocycles. The average Bonchev–Trinajstić information content (AvgIpc) is 2.56. The van der Waals surface area contributed by atoms with Crippen molar-refractivity contribution in [2.24, 2.45) is 0 Å². The van der Waals surface area contributed by atoms with E-state index in [1.54, 1.807) is 24.3 Å². The Hall–Kier alpha value is -3.48. The maximum atomic E-state index is 11.6. The quantitative estimate of drug-likeness (QED) is 0.480. The summed E-state index contributed by atoms with van der Waals surface area (Å²) < 4.78 is 11.2. The Bertz CT molecular complexity index is 935. The van der Waals surface area contributed by atoms with Crippen molar-refractivity contribution in [2.75, 3.05) is 0 Å². The molecule has 7 nitrogen and oxygen atoms in total. The third kappa shape index (κ3) is 3.94. The van der Waals surface area contributed by atoms with E-state index in [4.69, 9.17) is 9.47 Å². The van der Waals surface area contributed by atoms with Gasteiger partial charge in [0.05, 0.1) is 4.92 Å². The lowest BCUT2D eigenvalue weighted by molar-refractivity contribution is -0.387. The van der Waals surface area contributed by atoms with Crippen LogP contribution in [0, 0.1) is 30.9 Å². The fraction of sp³-hybridized carbons (Fsp3) is 0.158. The molecule has 0 bridgehead atoms. The first kappa shape index (κ1) is 17.3. The van der Waals surface area contributed by atoms with Gasteiger partial charge in [-0.2, -0.15) is 9.97 Å². The number of hydrogen-bond donors (Lipinski definition) is 0. The maximum Gasteiger partial charge on any atom is 0.393 e.